The second-order valence-electron chi connectivity index (χ2n) is 16.9. The third kappa shape index (κ3) is 7.94. The summed E-state index contributed by atoms with van der Waals surface area (Å²) in [6.07, 6.45) is 7.00. The minimum atomic E-state index is -0.924. The van der Waals surface area contributed by atoms with Gasteiger partial charge in [-0.3, -0.25) is 4.79 Å². The maximum atomic E-state index is 13.3. The number of carbonyl (C=O) groups is 3. The molecule has 0 aromatic heterocycles. The summed E-state index contributed by atoms with van der Waals surface area (Å²) < 4.78 is 59.3. The largest absolute Gasteiger partial charge is 0.472 e. The number of fused-ring (bicyclic) bond motifs is 4. The molecule has 5 heterocycles. The standard InChI is InChI=1S/C41H60N2O13S2/c1-26(2)39-33(55-39)34-41(56-34)38(3)10-8-28-29(25-52-35(28)45)30(38)24-31-40(41,54-31)36(39)53-37(46)43-12-14-48-16-18-50-20-22-51-21-19-49-17-15-47-13-11-42-32(44)7-5-4-6-27-9-23-57-58-27/h24,26-27,30,33-34,36H,4-23,25H2,1-3H3,(H,42,44)(H,43,46)/t27?,30-,33-,34-,36?,38-,39-,40?,41?/m0/s1. The summed E-state index contributed by atoms with van der Waals surface area (Å²) in [4.78, 5) is 37.7. The van der Waals surface area contributed by atoms with E-state index in [2.05, 4.69) is 37.5 Å². The summed E-state index contributed by atoms with van der Waals surface area (Å²) in [7, 11) is 3.96. The highest BCUT2D eigenvalue weighted by atomic mass is 33.1. The highest BCUT2D eigenvalue weighted by Gasteiger charge is 3.01. The molecule has 17 heteroatoms. The lowest BCUT2D eigenvalue weighted by Gasteiger charge is -2.50. The molecule has 8 aliphatic rings. The van der Waals surface area contributed by atoms with Crippen LogP contribution in [0.15, 0.2) is 23.0 Å². The smallest absolute Gasteiger partial charge is 0.407 e. The van der Waals surface area contributed by atoms with Crippen LogP contribution < -0.4 is 10.6 Å². The summed E-state index contributed by atoms with van der Waals surface area (Å²) in [6, 6.07) is 0. The van der Waals surface area contributed by atoms with E-state index in [1.807, 2.05) is 21.6 Å². The molecule has 0 radical (unpaired) electrons. The van der Waals surface area contributed by atoms with Crippen molar-refractivity contribution >= 4 is 39.6 Å². The van der Waals surface area contributed by atoms with Crippen LogP contribution >= 0.6 is 21.6 Å². The molecule has 5 fully saturated rings. The number of alkyl carbamates (subject to hydrolysis) is 1. The Morgan fingerprint density at radius 3 is 2.22 bits per heavy atom. The summed E-state index contributed by atoms with van der Waals surface area (Å²) in [5.74, 6) is 1.89. The van der Waals surface area contributed by atoms with E-state index in [-0.39, 0.29) is 47.9 Å². The van der Waals surface area contributed by atoms with E-state index in [1.165, 1.54) is 18.6 Å². The average molecular weight is 853 g/mol. The van der Waals surface area contributed by atoms with Crippen LogP contribution in [0.1, 0.15) is 65.7 Å². The number of nitrogens with one attached hydrogen (secondary N) is 2. The monoisotopic (exact) mass is 852 g/mol. The van der Waals surface area contributed by atoms with Gasteiger partial charge in [0.1, 0.15) is 30.2 Å². The molecule has 0 aromatic rings. The van der Waals surface area contributed by atoms with E-state index in [4.69, 9.17) is 47.4 Å². The van der Waals surface area contributed by atoms with Crippen LogP contribution in [0.25, 0.3) is 0 Å². The molecule has 324 valence electrons. The Morgan fingerprint density at radius 2 is 1.57 bits per heavy atom. The first-order valence-electron chi connectivity index (χ1n) is 21.2. The van der Waals surface area contributed by atoms with Gasteiger partial charge in [-0.1, -0.05) is 48.8 Å². The minimum Gasteiger partial charge on any atom is -0.472 e. The van der Waals surface area contributed by atoms with Crippen LogP contribution in [0.5, 0.6) is 0 Å². The number of esters is 1. The summed E-state index contributed by atoms with van der Waals surface area (Å²) in [5.41, 5.74) is -0.916. The Hall–Kier alpha value is -2.09. The van der Waals surface area contributed by atoms with Crippen molar-refractivity contribution < 1.29 is 61.8 Å². The van der Waals surface area contributed by atoms with E-state index in [0.29, 0.717) is 92.1 Å². The van der Waals surface area contributed by atoms with Gasteiger partial charge in [0.25, 0.3) is 0 Å². The topological polar surface area (TPSA) is 177 Å². The van der Waals surface area contributed by atoms with Crippen molar-refractivity contribution in [3.8, 4) is 0 Å². The van der Waals surface area contributed by atoms with E-state index in [0.717, 1.165) is 41.4 Å². The number of hydrogen-bond donors (Lipinski definition) is 2. The molecular formula is C41H60N2O13S2. The fourth-order valence-electron chi connectivity index (χ4n) is 10.2. The fourth-order valence-corrected chi connectivity index (χ4v) is 13.2. The molecular weight excluding hydrogens is 793 g/mol. The van der Waals surface area contributed by atoms with Crippen LogP contribution in [-0.2, 0) is 57.0 Å². The number of unbranched alkanes of at least 4 members (excludes halogenated alkanes) is 1. The lowest BCUT2D eigenvalue weighted by molar-refractivity contribution is -0.136. The van der Waals surface area contributed by atoms with Crippen molar-refractivity contribution in [3.63, 3.8) is 0 Å². The Morgan fingerprint density at radius 1 is 0.897 bits per heavy atom. The van der Waals surface area contributed by atoms with Crippen molar-refractivity contribution in [1.29, 1.82) is 0 Å². The normalized spacial score (nSPS) is 35.7. The molecule has 15 nitrogen and oxygen atoms in total. The maximum Gasteiger partial charge on any atom is 0.407 e. The van der Waals surface area contributed by atoms with E-state index in [9.17, 15) is 14.4 Å². The van der Waals surface area contributed by atoms with E-state index in [1.54, 1.807) is 0 Å². The van der Waals surface area contributed by atoms with Gasteiger partial charge in [0.2, 0.25) is 11.5 Å². The lowest BCUT2D eigenvalue weighted by atomic mass is 9.49. The van der Waals surface area contributed by atoms with Crippen LogP contribution in [0.2, 0.25) is 0 Å². The Balaban J connectivity index is 0.643. The quantitative estimate of drug-likeness (QED) is 0.0585. The minimum absolute atomic E-state index is 0.0500. The van der Waals surface area contributed by atoms with Gasteiger partial charge in [-0.25, -0.2) is 9.59 Å². The number of carbonyl (C=O) groups excluding carboxylic acids is 3. The zero-order chi connectivity index (χ0) is 40.4. The second-order valence-corrected chi connectivity index (χ2v) is 19.7. The fraction of sp³-hybridized carbons (Fsp3) is 0.829. The Kier molecular flexibility index (Phi) is 13.3. The third-order valence-corrected chi connectivity index (χ3v) is 16.3. The van der Waals surface area contributed by atoms with Gasteiger partial charge in [0.15, 0.2) is 11.7 Å². The Labute approximate surface area is 348 Å². The van der Waals surface area contributed by atoms with Crippen LogP contribution in [0.4, 0.5) is 4.79 Å². The van der Waals surface area contributed by atoms with Crippen molar-refractivity contribution in [2.24, 2.45) is 17.3 Å². The molecule has 2 spiro atoms. The molecule has 58 heavy (non-hydrogen) atoms. The summed E-state index contributed by atoms with van der Waals surface area (Å²) in [6.45, 7) is 11.7. The maximum absolute atomic E-state index is 13.3. The zero-order valence-corrected chi connectivity index (χ0v) is 35.6. The van der Waals surface area contributed by atoms with Crippen LogP contribution in [-0.4, -0.2) is 150 Å². The van der Waals surface area contributed by atoms with Gasteiger partial charge >= 0.3 is 12.1 Å². The number of cyclic esters (lactones) is 1. The SMILES string of the molecule is CC(C)[C@]12O[C@H]1[C@@H]1OC13C1(OC1=C[C@H]1C4=C(CC[C@@]13C)C(=O)OC4)C2OC(=O)NCCOCCOCCOCCOCCOCCNC(=O)CCCCC1CCSS1. The van der Waals surface area contributed by atoms with Crippen molar-refractivity contribution in [2.45, 2.75) is 106 Å². The number of allylic oxidation sites excluding steroid dienone is 1. The Bertz CT molecular complexity index is 1590. The first kappa shape index (κ1) is 42.6. The van der Waals surface area contributed by atoms with Crippen molar-refractivity contribution in [3.05, 3.63) is 23.0 Å². The van der Waals surface area contributed by atoms with Gasteiger partial charge in [-0.15, -0.1) is 0 Å². The van der Waals surface area contributed by atoms with Gasteiger partial charge in [-0.05, 0) is 49.7 Å². The predicted octanol–water partition coefficient (Wildman–Crippen LogP) is 3.88. The van der Waals surface area contributed by atoms with E-state index >= 15 is 0 Å². The molecule has 2 N–H and O–H groups in total. The number of rotatable bonds is 25. The van der Waals surface area contributed by atoms with Crippen molar-refractivity contribution in [1.82, 2.24) is 10.6 Å². The second kappa shape index (κ2) is 18.1. The van der Waals surface area contributed by atoms with Gasteiger partial charge in [-0.2, -0.15) is 0 Å². The van der Waals surface area contributed by atoms with Crippen molar-refractivity contribution in [2.75, 3.05) is 91.5 Å². The molecule has 5 aliphatic heterocycles. The molecule has 3 aliphatic carbocycles. The van der Waals surface area contributed by atoms with Crippen LogP contribution in [0, 0.1) is 17.3 Å². The molecule has 9 atom stereocenters. The molecule has 1 saturated carbocycles. The van der Waals surface area contributed by atoms with Gasteiger partial charge in [0.05, 0.1) is 66.1 Å². The lowest BCUT2D eigenvalue weighted by Crippen LogP contribution is -2.68. The molecule has 4 saturated heterocycles. The average Bonchev–Trinajstić information content (AvgIpc) is 4.15. The van der Waals surface area contributed by atoms with Gasteiger partial charge < -0.3 is 58.0 Å². The molecule has 2 amide bonds. The number of hydrogen-bond acceptors (Lipinski definition) is 15. The third-order valence-electron chi connectivity index (χ3n) is 13.3. The number of epoxide rings is 3. The summed E-state index contributed by atoms with van der Waals surface area (Å²) >= 11 is 0. The molecule has 8 rings (SSSR count). The van der Waals surface area contributed by atoms with Crippen LogP contribution in [0.3, 0.4) is 0 Å². The number of ether oxygens (including phenoxy) is 10. The number of amides is 2. The predicted molar refractivity (Wildman–Crippen MR) is 213 cm³/mol. The summed E-state index contributed by atoms with van der Waals surface area (Å²) in [5, 5.41) is 6.53. The first-order valence-corrected chi connectivity index (χ1v) is 23.6. The molecule has 4 unspecified atom stereocenters. The van der Waals surface area contributed by atoms with Gasteiger partial charge in [0, 0.05) is 47.4 Å². The highest BCUT2D eigenvalue weighted by molar-refractivity contribution is 8.77. The highest BCUT2D eigenvalue weighted by Crippen LogP contribution is 2.83. The molecule has 0 aromatic carbocycles. The molecule has 0 bridgehead atoms. The first-order chi connectivity index (χ1) is 28.2. The van der Waals surface area contributed by atoms with E-state index < -0.39 is 29.0 Å². The zero-order valence-electron chi connectivity index (χ0n) is 34.0.